The Labute approximate surface area is 149 Å². The zero-order valence-electron chi connectivity index (χ0n) is 14.7. The minimum Gasteiger partial charge on any atom is -0.507 e. The molecule has 134 valence electrons. The van der Waals surface area contributed by atoms with Gasteiger partial charge in [0.1, 0.15) is 22.8 Å². The number of carbonyl (C=O) groups excluding carboxylic acids is 1. The second-order valence-electron chi connectivity index (χ2n) is 5.98. The number of ether oxygens (including phenoxy) is 2. The van der Waals surface area contributed by atoms with Crippen molar-refractivity contribution in [3.05, 3.63) is 54.1 Å². The molecule has 0 unspecified atom stereocenters. The van der Waals surface area contributed by atoms with E-state index in [4.69, 9.17) is 9.47 Å². The number of rotatable bonds is 11. The molecule has 25 heavy (non-hydrogen) atoms. The molecule has 0 aliphatic rings. The molecule has 0 heterocycles. The van der Waals surface area contributed by atoms with Gasteiger partial charge >= 0.3 is 0 Å². The number of phenols is 1. The molecular weight excluding hydrogens is 316 g/mol. The van der Waals surface area contributed by atoms with Gasteiger partial charge in [0.2, 0.25) is 0 Å². The lowest BCUT2D eigenvalue weighted by molar-refractivity contribution is 0.101. The largest absolute Gasteiger partial charge is 0.507 e. The van der Waals surface area contributed by atoms with Crippen molar-refractivity contribution < 1.29 is 19.4 Å². The first-order valence-electron chi connectivity index (χ1n) is 8.82. The summed E-state index contributed by atoms with van der Waals surface area (Å²) in [5.41, 5.74) is 0.264. The molecule has 0 spiro atoms. The van der Waals surface area contributed by atoms with E-state index in [2.05, 4.69) is 0 Å². The SMILES string of the molecule is CC(=O)c1c(O)cccc1OCCCCCCCOc1ccccc1. The Morgan fingerprint density at radius 1 is 0.840 bits per heavy atom. The van der Waals surface area contributed by atoms with Crippen molar-refractivity contribution in [3.8, 4) is 17.2 Å². The number of unbranched alkanes of at least 4 members (excludes halogenated alkanes) is 4. The van der Waals surface area contributed by atoms with Crippen LogP contribution in [0.3, 0.4) is 0 Å². The summed E-state index contributed by atoms with van der Waals surface area (Å²) < 4.78 is 11.3. The first kappa shape index (κ1) is 18.8. The Hall–Kier alpha value is -2.49. The number of ketones is 1. The summed E-state index contributed by atoms with van der Waals surface area (Å²) >= 11 is 0. The van der Waals surface area contributed by atoms with Crippen LogP contribution in [0.1, 0.15) is 49.4 Å². The molecule has 1 N–H and O–H groups in total. The molecule has 4 nitrogen and oxygen atoms in total. The van der Waals surface area contributed by atoms with E-state index >= 15 is 0 Å². The maximum Gasteiger partial charge on any atom is 0.167 e. The number of hydrogen-bond acceptors (Lipinski definition) is 4. The summed E-state index contributed by atoms with van der Waals surface area (Å²) in [5.74, 6) is 1.17. The van der Waals surface area contributed by atoms with Gasteiger partial charge in [-0.15, -0.1) is 0 Å². The summed E-state index contributed by atoms with van der Waals surface area (Å²) in [6.45, 7) is 2.72. The Bertz CT molecular complexity index is 652. The Morgan fingerprint density at radius 2 is 1.48 bits per heavy atom. The number of hydrogen-bond donors (Lipinski definition) is 1. The number of benzene rings is 2. The van der Waals surface area contributed by atoms with E-state index in [-0.39, 0.29) is 17.1 Å². The average molecular weight is 342 g/mol. The second kappa shape index (κ2) is 10.4. The molecule has 0 atom stereocenters. The molecule has 4 heteroatoms. The van der Waals surface area contributed by atoms with Crippen LogP contribution in [0.15, 0.2) is 48.5 Å². The van der Waals surface area contributed by atoms with E-state index in [1.807, 2.05) is 30.3 Å². The third-order valence-corrected chi connectivity index (χ3v) is 3.91. The maximum absolute atomic E-state index is 11.6. The van der Waals surface area contributed by atoms with Crippen LogP contribution in [0.2, 0.25) is 0 Å². The summed E-state index contributed by atoms with van der Waals surface area (Å²) in [7, 11) is 0. The minimum atomic E-state index is -0.188. The molecule has 0 aromatic heterocycles. The van der Waals surface area contributed by atoms with E-state index in [9.17, 15) is 9.90 Å². The molecule has 0 aliphatic carbocycles. The van der Waals surface area contributed by atoms with Crippen LogP contribution >= 0.6 is 0 Å². The predicted octanol–water partition coefficient (Wildman–Crippen LogP) is 5.00. The molecule has 2 aromatic carbocycles. The van der Waals surface area contributed by atoms with Crippen LogP contribution in [0, 0.1) is 0 Å². The van der Waals surface area contributed by atoms with Crippen LogP contribution in [0.5, 0.6) is 17.2 Å². The number of aromatic hydroxyl groups is 1. The van der Waals surface area contributed by atoms with E-state index in [1.165, 1.54) is 13.0 Å². The number of carbonyl (C=O) groups is 1. The van der Waals surface area contributed by atoms with Crippen LogP contribution in [0.4, 0.5) is 0 Å². The highest BCUT2D eigenvalue weighted by Gasteiger charge is 2.13. The van der Waals surface area contributed by atoms with Gasteiger partial charge in [-0.3, -0.25) is 4.79 Å². The van der Waals surface area contributed by atoms with E-state index < -0.39 is 0 Å². The van der Waals surface area contributed by atoms with Gasteiger partial charge in [0, 0.05) is 0 Å². The van der Waals surface area contributed by atoms with E-state index in [0.29, 0.717) is 12.4 Å². The van der Waals surface area contributed by atoms with Gasteiger partial charge in [-0.05, 0) is 44.0 Å². The van der Waals surface area contributed by atoms with E-state index in [1.54, 1.807) is 12.1 Å². The van der Waals surface area contributed by atoms with Gasteiger partial charge in [0.15, 0.2) is 5.78 Å². The molecule has 2 rings (SSSR count). The van der Waals surface area contributed by atoms with Gasteiger partial charge in [0.05, 0.1) is 13.2 Å². The molecular formula is C21H26O4. The lowest BCUT2D eigenvalue weighted by atomic mass is 10.1. The fourth-order valence-corrected chi connectivity index (χ4v) is 2.62. The predicted molar refractivity (Wildman–Crippen MR) is 98.6 cm³/mol. The molecule has 2 aromatic rings. The minimum absolute atomic E-state index is 0.0246. The topological polar surface area (TPSA) is 55.8 Å². The molecule has 0 bridgehead atoms. The van der Waals surface area contributed by atoms with Crippen molar-refractivity contribution in [2.24, 2.45) is 0 Å². The molecule has 0 amide bonds. The number of para-hydroxylation sites is 1. The summed E-state index contributed by atoms with van der Waals surface area (Å²) in [5, 5.41) is 9.75. The van der Waals surface area contributed by atoms with Gasteiger partial charge < -0.3 is 14.6 Å². The number of Topliss-reactive ketones (excluding diaryl/α,β-unsaturated/α-hetero) is 1. The molecule has 0 saturated carbocycles. The third kappa shape index (κ3) is 6.49. The maximum atomic E-state index is 11.6. The fourth-order valence-electron chi connectivity index (χ4n) is 2.62. The summed E-state index contributed by atoms with van der Waals surface area (Å²) in [6.07, 6.45) is 5.28. The monoisotopic (exact) mass is 342 g/mol. The van der Waals surface area contributed by atoms with Crippen LogP contribution < -0.4 is 9.47 Å². The first-order valence-corrected chi connectivity index (χ1v) is 8.82. The number of phenolic OH excluding ortho intramolecular Hbond substituents is 1. The third-order valence-electron chi connectivity index (χ3n) is 3.91. The molecule has 0 radical (unpaired) electrons. The zero-order valence-corrected chi connectivity index (χ0v) is 14.7. The lowest BCUT2D eigenvalue weighted by Gasteiger charge is -2.11. The average Bonchev–Trinajstić information content (AvgIpc) is 2.61. The van der Waals surface area contributed by atoms with Crippen molar-refractivity contribution >= 4 is 5.78 Å². The van der Waals surface area contributed by atoms with Crippen molar-refractivity contribution in [2.45, 2.75) is 39.0 Å². The Kier molecular flexibility index (Phi) is 7.83. The van der Waals surface area contributed by atoms with Gasteiger partial charge in [0.25, 0.3) is 0 Å². The van der Waals surface area contributed by atoms with Gasteiger partial charge in [-0.1, -0.05) is 43.5 Å². The van der Waals surface area contributed by atoms with Crippen molar-refractivity contribution in [3.63, 3.8) is 0 Å². The van der Waals surface area contributed by atoms with Gasteiger partial charge in [-0.2, -0.15) is 0 Å². The highest BCUT2D eigenvalue weighted by molar-refractivity contribution is 5.99. The van der Waals surface area contributed by atoms with Gasteiger partial charge in [-0.25, -0.2) is 0 Å². The van der Waals surface area contributed by atoms with Crippen LogP contribution in [0.25, 0.3) is 0 Å². The van der Waals surface area contributed by atoms with E-state index in [0.717, 1.165) is 44.5 Å². The molecule has 0 aliphatic heterocycles. The summed E-state index contributed by atoms with van der Waals surface area (Å²) in [4.78, 5) is 11.6. The first-order chi connectivity index (χ1) is 12.2. The highest BCUT2D eigenvalue weighted by Crippen LogP contribution is 2.28. The molecule has 0 fully saturated rings. The standard InChI is InChI=1S/C21H26O4/c1-17(22)21-19(23)13-10-14-20(21)25-16-9-4-2-3-8-15-24-18-11-6-5-7-12-18/h5-7,10-14,23H,2-4,8-9,15-16H2,1H3. The van der Waals surface area contributed by atoms with Crippen molar-refractivity contribution in [1.82, 2.24) is 0 Å². The highest BCUT2D eigenvalue weighted by atomic mass is 16.5. The smallest absolute Gasteiger partial charge is 0.167 e. The Morgan fingerprint density at radius 3 is 2.16 bits per heavy atom. The zero-order chi connectivity index (χ0) is 17.9. The van der Waals surface area contributed by atoms with Crippen molar-refractivity contribution in [2.75, 3.05) is 13.2 Å². The van der Waals surface area contributed by atoms with Crippen molar-refractivity contribution in [1.29, 1.82) is 0 Å². The lowest BCUT2D eigenvalue weighted by Crippen LogP contribution is -2.03. The quantitative estimate of drug-likeness (QED) is 0.461. The second-order valence-corrected chi connectivity index (χ2v) is 5.98. The summed E-state index contributed by atoms with van der Waals surface area (Å²) in [6, 6.07) is 14.8. The van der Waals surface area contributed by atoms with Crippen LogP contribution in [-0.4, -0.2) is 24.1 Å². The fraction of sp³-hybridized carbons (Fsp3) is 0.381. The Balaban J connectivity index is 1.55. The molecule has 0 saturated heterocycles. The normalized spacial score (nSPS) is 10.4. The van der Waals surface area contributed by atoms with Crippen LogP contribution in [-0.2, 0) is 0 Å².